The lowest BCUT2D eigenvalue weighted by atomic mass is 9.95. The summed E-state index contributed by atoms with van der Waals surface area (Å²) in [5, 5.41) is 0.784. The van der Waals surface area contributed by atoms with Crippen molar-refractivity contribution in [2.75, 3.05) is 13.1 Å². The summed E-state index contributed by atoms with van der Waals surface area (Å²) in [7, 11) is 0. The number of benzene rings is 1. The summed E-state index contributed by atoms with van der Waals surface area (Å²) < 4.78 is 5.94. The van der Waals surface area contributed by atoms with Crippen molar-refractivity contribution in [1.82, 2.24) is 4.90 Å². The number of nitrogens with two attached hydrogens (primary N) is 1. The normalized spacial score (nSPS) is 29.4. The first-order valence-electron chi connectivity index (χ1n) is 7.58. The van der Waals surface area contributed by atoms with Gasteiger partial charge in [0, 0.05) is 24.2 Å². The third-order valence-corrected chi connectivity index (χ3v) is 4.77. The fourth-order valence-electron chi connectivity index (χ4n) is 3.52. The van der Waals surface area contributed by atoms with Gasteiger partial charge in [0.15, 0.2) is 0 Å². The van der Waals surface area contributed by atoms with Gasteiger partial charge in [0.2, 0.25) is 0 Å². The predicted molar refractivity (Wildman–Crippen MR) is 81.9 cm³/mol. The number of ether oxygens (including phenoxy) is 1. The van der Waals surface area contributed by atoms with E-state index < -0.39 is 0 Å². The van der Waals surface area contributed by atoms with Crippen LogP contribution in [0, 0.1) is 0 Å². The van der Waals surface area contributed by atoms with Crippen molar-refractivity contribution in [3.05, 3.63) is 34.9 Å². The fourth-order valence-corrected chi connectivity index (χ4v) is 3.71. The maximum absolute atomic E-state index is 6.42. The average molecular weight is 295 g/mol. The van der Waals surface area contributed by atoms with Crippen molar-refractivity contribution in [2.24, 2.45) is 5.73 Å². The van der Waals surface area contributed by atoms with Crippen molar-refractivity contribution in [3.63, 3.8) is 0 Å². The first-order valence-corrected chi connectivity index (χ1v) is 7.95. The summed E-state index contributed by atoms with van der Waals surface area (Å²) in [6.07, 6.45) is 4.11. The Bertz CT molecular complexity index is 456. The van der Waals surface area contributed by atoms with Gasteiger partial charge in [-0.1, -0.05) is 30.7 Å². The molecule has 2 heterocycles. The molecule has 2 aliphatic rings. The molecule has 4 atom stereocenters. The van der Waals surface area contributed by atoms with Crippen molar-refractivity contribution >= 4 is 11.6 Å². The SMILES string of the molecule is CCC(N)C(c1cccc(Cl)c1)N1CC2CCC(C1)O2. The third kappa shape index (κ3) is 2.86. The highest BCUT2D eigenvalue weighted by Gasteiger charge is 2.38. The molecule has 1 aromatic rings. The van der Waals surface area contributed by atoms with E-state index in [2.05, 4.69) is 24.0 Å². The zero-order chi connectivity index (χ0) is 14.1. The zero-order valence-corrected chi connectivity index (χ0v) is 12.7. The number of likely N-dealkylation sites (tertiary alicyclic amines) is 1. The standard InChI is InChI=1S/C16H23ClN2O/c1-2-15(18)16(11-4-3-5-12(17)8-11)19-9-13-6-7-14(10-19)20-13/h3-5,8,13-16H,2,6-7,9-10,18H2,1H3. The Morgan fingerprint density at radius 2 is 2.05 bits per heavy atom. The van der Waals surface area contributed by atoms with Gasteiger partial charge in [-0.05, 0) is 37.0 Å². The topological polar surface area (TPSA) is 38.5 Å². The van der Waals surface area contributed by atoms with E-state index in [1.807, 2.05) is 12.1 Å². The van der Waals surface area contributed by atoms with E-state index in [1.54, 1.807) is 0 Å². The third-order valence-electron chi connectivity index (χ3n) is 4.53. The van der Waals surface area contributed by atoms with Crippen LogP contribution in [0.4, 0.5) is 0 Å². The quantitative estimate of drug-likeness (QED) is 0.928. The molecule has 4 heteroatoms. The number of morpholine rings is 1. The van der Waals surface area contributed by atoms with E-state index in [0.717, 1.165) is 24.5 Å². The average Bonchev–Trinajstić information content (AvgIpc) is 2.78. The highest BCUT2D eigenvalue weighted by atomic mass is 35.5. The molecule has 3 rings (SSSR count). The summed E-state index contributed by atoms with van der Waals surface area (Å²) in [5.41, 5.74) is 7.65. The number of nitrogens with zero attached hydrogens (tertiary/aromatic N) is 1. The minimum Gasteiger partial charge on any atom is -0.372 e. The lowest BCUT2D eigenvalue weighted by Gasteiger charge is -2.40. The lowest BCUT2D eigenvalue weighted by molar-refractivity contribution is -0.0568. The van der Waals surface area contributed by atoms with Crippen LogP contribution < -0.4 is 5.73 Å². The van der Waals surface area contributed by atoms with Crippen molar-refractivity contribution in [3.8, 4) is 0 Å². The highest BCUT2D eigenvalue weighted by molar-refractivity contribution is 6.30. The molecule has 3 nitrogen and oxygen atoms in total. The second-order valence-corrected chi connectivity index (χ2v) is 6.42. The van der Waals surface area contributed by atoms with Crippen LogP contribution >= 0.6 is 11.6 Å². The molecule has 0 radical (unpaired) electrons. The smallest absolute Gasteiger partial charge is 0.0707 e. The summed E-state index contributed by atoms with van der Waals surface area (Å²) in [5.74, 6) is 0. The van der Waals surface area contributed by atoms with Gasteiger partial charge in [0.1, 0.15) is 0 Å². The molecule has 0 amide bonds. The molecule has 2 saturated heterocycles. The van der Waals surface area contributed by atoms with Crippen LogP contribution in [0.25, 0.3) is 0 Å². The Labute approximate surface area is 126 Å². The lowest BCUT2D eigenvalue weighted by Crippen LogP contribution is -2.49. The van der Waals surface area contributed by atoms with Gasteiger partial charge in [-0.3, -0.25) is 4.90 Å². The number of hydrogen-bond acceptors (Lipinski definition) is 3. The molecule has 0 saturated carbocycles. The van der Waals surface area contributed by atoms with Gasteiger partial charge in [0.05, 0.1) is 18.2 Å². The van der Waals surface area contributed by atoms with Crippen LogP contribution in [-0.4, -0.2) is 36.2 Å². The second-order valence-electron chi connectivity index (χ2n) is 5.98. The van der Waals surface area contributed by atoms with Gasteiger partial charge < -0.3 is 10.5 Å². The number of hydrogen-bond donors (Lipinski definition) is 1. The summed E-state index contributed by atoms with van der Waals surface area (Å²) in [4.78, 5) is 2.51. The fraction of sp³-hybridized carbons (Fsp3) is 0.625. The molecule has 0 aromatic heterocycles. The van der Waals surface area contributed by atoms with Crippen molar-refractivity contribution in [2.45, 2.75) is 50.5 Å². The number of fused-ring (bicyclic) bond motifs is 2. The van der Waals surface area contributed by atoms with Crippen LogP contribution in [0.5, 0.6) is 0 Å². The largest absolute Gasteiger partial charge is 0.372 e. The van der Waals surface area contributed by atoms with Crippen LogP contribution in [-0.2, 0) is 4.74 Å². The molecule has 2 bridgehead atoms. The second kappa shape index (κ2) is 6.02. The van der Waals surface area contributed by atoms with Crippen LogP contribution in [0.2, 0.25) is 5.02 Å². The Kier molecular flexibility index (Phi) is 4.32. The van der Waals surface area contributed by atoms with Gasteiger partial charge in [0.25, 0.3) is 0 Å². The molecular weight excluding hydrogens is 272 g/mol. The Balaban J connectivity index is 1.86. The maximum Gasteiger partial charge on any atom is 0.0707 e. The maximum atomic E-state index is 6.42. The highest BCUT2D eigenvalue weighted by Crippen LogP contribution is 2.34. The number of rotatable bonds is 4. The van der Waals surface area contributed by atoms with E-state index in [1.165, 1.54) is 18.4 Å². The molecule has 1 aromatic carbocycles. The van der Waals surface area contributed by atoms with E-state index in [-0.39, 0.29) is 12.1 Å². The first kappa shape index (κ1) is 14.3. The van der Waals surface area contributed by atoms with Gasteiger partial charge in [-0.25, -0.2) is 0 Å². The molecule has 4 unspecified atom stereocenters. The van der Waals surface area contributed by atoms with Gasteiger partial charge in [-0.2, -0.15) is 0 Å². The van der Waals surface area contributed by atoms with E-state index in [4.69, 9.17) is 22.1 Å². The Hall–Kier alpha value is -0.610. The van der Waals surface area contributed by atoms with E-state index in [0.29, 0.717) is 12.2 Å². The monoisotopic (exact) mass is 294 g/mol. The van der Waals surface area contributed by atoms with Crippen molar-refractivity contribution < 1.29 is 4.74 Å². The summed E-state index contributed by atoms with van der Waals surface area (Å²) in [6.45, 7) is 4.13. The molecule has 20 heavy (non-hydrogen) atoms. The van der Waals surface area contributed by atoms with Gasteiger partial charge in [-0.15, -0.1) is 0 Å². The molecule has 2 N–H and O–H groups in total. The first-order chi connectivity index (χ1) is 9.67. The summed E-state index contributed by atoms with van der Waals surface area (Å²) >= 11 is 6.16. The molecular formula is C16H23ClN2O. The minimum atomic E-state index is 0.131. The van der Waals surface area contributed by atoms with Crippen molar-refractivity contribution in [1.29, 1.82) is 0 Å². The van der Waals surface area contributed by atoms with Crippen LogP contribution in [0.1, 0.15) is 37.8 Å². The van der Waals surface area contributed by atoms with Crippen LogP contribution in [0.3, 0.4) is 0 Å². The predicted octanol–water partition coefficient (Wildman–Crippen LogP) is 2.98. The summed E-state index contributed by atoms with van der Waals surface area (Å²) in [6, 6.07) is 8.50. The van der Waals surface area contributed by atoms with E-state index >= 15 is 0 Å². The zero-order valence-electron chi connectivity index (χ0n) is 12.0. The van der Waals surface area contributed by atoms with Gasteiger partial charge >= 0.3 is 0 Å². The molecule has 0 spiro atoms. The van der Waals surface area contributed by atoms with E-state index in [9.17, 15) is 0 Å². The molecule has 2 fully saturated rings. The molecule has 0 aliphatic carbocycles. The Morgan fingerprint density at radius 1 is 1.35 bits per heavy atom. The van der Waals surface area contributed by atoms with Crippen LogP contribution in [0.15, 0.2) is 24.3 Å². The number of halogens is 1. The molecule has 110 valence electrons. The Morgan fingerprint density at radius 3 is 2.65 bits per heavy atom. The molecule has 2 aliphatic heterocycles. The minimum absolute atomic E-state index is 0.131.